The van der Waals surface area contributed by atoms with Crippen molar-refractivity contribution in [3.05, 3.63) is 65.9 Å². The minimum absolute atomic E-state index is 0. The number of rotatable bonds is 9. The van der Waals surface area contributed by atoms with Gasteiger partial charge in [-0.3, -0.25) is 4.79 Å². The van der Waals surface area contributed by atoms with Crippen molar-refractivity contribution >= 4 is 27.0 Å². The summed E-state index contributed by atoms with van der Waals surface area (Å²) in [4.78, 5) is 20.3. The van der Waals surface area contributed by atoms with Crippen LogP contribution in [0.25, 0.3) is 11.0 Å². The number of benzene rings is 2. The summed E-state index contributed by atoms with van der Waals surface area (Å²) in [5.74, 6) is 0.497. The molecule has 2 aromatic carbocycles. The Morgan fingerprint density at radius 3 is 1.67 bits per heavy atom. The van der Waals surface area contributed by atoms with Crippen molar-refractivity contribution in [2.75, 3.05) is 0 Å². The van der Waals surface area contributed by atoms with E-state index in [4.69, 9.17) is 14.5 Å². The molecule has 0 spiro atoms. The van der Waals surface area contributed by atoms with E-state index in [1.54, 1.807) is 0 Å². The van der Waals surface area contributed by atoms with Gasteiger partial charge < -0.3 is 9.47 Å². The number of sulfonamides is 1. The Kier molecular flexibility index (Phi) is 28.3. The molecule has 48 heavy (non-hydrogen) atoms. The van der Waals surface area contributed by atoms with E-state index in [2.05, 4.69) is 34.0 Å². The molecular weight excluding hydrogens is 623 g/mol. The number of aromatic nitrogens is 2. The highest BCUT2D eigenvalue weighted by Crippen LogP contribution is 2.27. The van der Waals surface area contributed by atoms with Crippen molar-refractivity contribution in [1.29, 1.82) is 0 Å². The van der Waals surface area contributed by atoms with Gasteiger partial charge in [0, 0.05) is 6.04 Å². The average molecular weight is 696 g/mol. The minimum atomic E-state index is -2.94. The third kappa shape index (κ3) is 21.0. The number of hydrogen-bond donors (Lipinski definition) is 1. The fraction of sp³-hybridized carbons (Fsp3) is 0.615. The van der Waals surface area contributed by atoms with Crippen molar-refractivity contribution < 1.29 is 22.7 Å². The second-order valence-electron chi connectivity index (χ2n) is 12.3. The Morgan fingerprint density at radius 2 is 1.27 bits per heavy atom. The molecule has 9 heteroatoms. The van der Waals surface area contributed by atoms with Crippen LogP contribution in [0.3, 0.4) is 0 Å². The summed E-state index contributed by atoms with van der Waals surface area (Å²) >= 11 is 0. The lowest BCUT2D eigenvalue weighted by molar-refractivity contribution is -0.158. The van der Waals surface area contributed by atoms with Crippen LogP contribution in [0.5, 0.6) is 5.88 Å². The zero-order chi connectivity index (χ0) is 31.5. The van der Waals surface area contributed by atoms with Crippen molar-refractivity contribution in [2.45, 2.75) is 156 Å². The first kappa shape index (κ1) is 54.4. The van der Waals surface area contributed by atoms with Gasteiger partial charge in [-0.05, 0) is 91.8 Å². The smallest absolute Gasteiger partial charge is 0.308 e. The van der Waals surface area contributed by atoms with Crippen molar-refractivity contribution in [1.82, 2.24) is 14.7 Å². The van der Waals surface area contributed by atoms with Crippen LogP contribution in [0.4, 0.5) is 0 Å². The van der Waals surface area contributed by atoms with E-state index in [0.29, 0.717) is 5.88 Å². The van der Waals surface area contributed by atoms with Crippen LogP contribution in [-0.2, 0) is 32.4 Å². The summed E-state index contributed by atoms with van der Waals surface area (Å²) < 4.78 is 35.7. The normalized spacial score (nSPS) is 11.7. The highest BCUT2D eigenvalue weighted by Gasteiger charge is 2.35. The van der Waals surface area contributed by atoms with Gasteiger partial charge in [-0.15, -0.1) is 0 Å². The van der Waals surface area contributed by atoms with Crippen LogP contribution < -0.4 is 9.46 Å². The topological polar surface area (TPSA) is 107 Å². The number of carbonyl (C=O) groups is 1. The molecule has 0 radical (unpaired) electrons. The van der Waals surface area contributed by atoms with Crippen molar-refractivity contribution in [3.63, 3.8) is 0 Å². The highest BCUT2D eigenvalue weighted by molar-refractivity contribution is 7.90. The molecule has 1 aromatic heterocycles. The second kappa shape index (κ2) is 25.0. The summed E-state index contributed by atoms with van der Waals surface area (Å²) in [7, 11) is -2.94. The number of fused-ring (bicyclic) bond motifs is 1. The van der Waals surface area contributed by atoms with E-state index in [9.17, 15) is 13.2 Å². The van der Waals surface area contributed by atoms with Gasteiger partial charge in [0.2, 0.25) is 15.9 Å². The maximum absolute atomic E-state index is 11.1. The van der Waals surface area contributed by atoms with Gasteiger partial charge in [0.1, 0.15) is 11.3 Å². The number of nitrogens with one attached hydrogen (secondary N) is 1. The average Bonchev–Trinajstić information content (AvgIpc) is 3.73. The van der Waals surface area contributed by atoms with Crippen LogP contribution >= 0.6 is 0 Å². The van der Waals surface area contributed by atoms with Gasteiger partial charge in [0.05, 0.1) is 28.3 Å². The van der Waals surface area contributed by atoms with Crippen molar-refractivity contribution in [3.8, 4) is 5.88 Å². The number of nitrogens with zero attached hydrogens (tertiary/aromatic N) is 2. The SMILES string of the molecule is C.C.C.C.C.C.CC(C)C(=O)OC(C)(C)C.CC(C)NS(=O)(=O)C1CC1.CC(C)Oc1nc2ccccc2nc1CCc1ccccc1. The first-order valence-corrected chi connectivity index (χ1v) is 16.3. The number of ether oxygens (including phenoxy) is 2. The van der Waals surface area contributed by atoms with Crippen LogP contribution in [0.15, 0.2) is 54.6 Å². The lowest BCUT2D eigenvalue weighted by Gasteiger charge is -2.20. The Labute approximate surface area is 296 Å². The predicted molar refractivity (Wildman–Crippen MR) is 210 cm³/mol. The third-order valence-electron chi connectivity index (χ3n) is 5.69. The molecule has 0 unspecified atom stereocenters. The monoisotopic (exact) mass is 696 g/mol. The summed E-state index contributed by atoms with van der Waals surface area (Å²) in [6.07, 6.45) is 3.52. The Hall–Kier alpha value is -3.04. The van der Waals surface area contributed by atoms with Gasteiger partial charge in [0.15, 0.2) is 0 Å². The molecule has 280 valence electrons. The van der Waals surface area contributed by atoms with Gasteiger partial charge in [-0.25, -0.2) is 23.1 Å². The zero-order valence-corrected chi connectivity index (χ0v) is 27.5. The lowest BCUT2D eigenvalue weighted by atomic mass is 10.1. The number of aryl methyl sites for hydroxylation is 2. The molecule has 0 bridgehead atoms. The molecule has 1 N–H and O–H groups in total. The molecular formula is C39H73N3O5S. The van der Waals surface area contributed by atoms with E-state index in [1.165, 1.54) is 5.56 Å². The first-order chi connectivity index (χ1) is 19.6. The standard InChI is InChI=1S/C19H20N2O.C8H16O2.C6H13NO2S.6CH4/c1-14(2)22-19-18(13-12-15-8-4-3-5-9-15)20-16-10-6-7-11-17(16)21-19;1-6(2)7(9)10-8(3,4)5;1-5(2)7-10(8,9)6-3-4-6;;;;;;/h3-11,14H,12-13H2,1-2H3;6H,1-5H3;5-7H,3-4H2,1-2H3;6*1H4. The predicted octanol–water partition coefficient (Wildman–Crippen LogP) is 10.5. The van der Waals surface area contributed by atoms with E-state index >= 15 is 0 Å². The Bertz CT molecular complexity index is 1370. The number of hydrogen-bond acceptors (Lipinski definition) is 7. The lowest BCUT2D eigenvalue weighted by Crippen LogP contribution is -2.32. The van der Waals surface area contributed by atoms with E-state index in [-0.39, 0.29) is 79.4 Å². The minimum Gasteiger partial charge on any atom is -0.474 e. The molecule has 8 nitrogen and oxygen atoms in total. The zero-order valence-electron chi connectivity index (χ0n) is 26.7. The van der Waals surface area contributed by atoms with Gasteiger partial charge in [-0.1, -0.05) is 101 Å². The quantitative estimate of drug-likeness (QED) is 0.222. The molecule has 0 atom stereocenters. The summed E-state index contributed by atoms with van der Waals surface area (Å²) in [5.41, 5.74) is 3.67. The number of para-hydroxylation sites is 2. The summed E-state index contributed by atoms with van der Waals surface area (Å²) in [5, 5.41) is -0.0881. The van der Waals surface area contributed by atoms with Crippen LogP contribution in [0.2, 0.25) is 0 Å². The summed E-state index contributed by atoms with van der Waals surface area (Å²) in [6, 6.07) is 18.4. The number of carbonyl (C=O) groups excluding carboxylic acids is 1. The second-order valence-corrected chi connectivity index (χ2v) is 14.3. The maximum Gasteiger partial charge on any atom is 0.308 e. The molecule has 0 amide bonds. The molecule has 3 aromatic rings. The molecule has 1 aliphatic carbocycles. The van der Waals surface area contributed by atoms with Gasteiger partial charge in [0.25, 0.3) is 0 Å². The van der Waals surface area contributed by atoms with Crippen LogP contribution in [0.1, 0.15) is 131 Å². The molecule has 0 aliphatic heterocycles. The van der Waals surface area contributed by atoms with Crippen LogP contribution in [0, 0.1) is 5.92 Å². The maximum atomic E-state index is 11.1. The molecule has 0 saturated heterocycles. The summed E-state index contributed by atoms with van der Waals surface area (Å²) in [6.45, 7) is 16.9. The Balaban J connectivity index is -0.000000204. The van der Waals surface area contributed by atoms with E-state index in [0.717, 1.165) is 42.4 Å². The largest absolute Gasteiger partial charge is 0.474 e. The molecule has 1 heterocycles. The first-order valence-electron chi connectivity index (χ1n) is 14.8. The molecule has 1 saturated carbocycles. The fourth-order valence-electron chi connectivity index (χ4n) is 3.63. The molecule has 4 rings (SSSR count). The van der Waals surface area contributed by atoms with E-state index < -0.39 is 10.0 Å². The fourth-order valence-corrected chi connectivity index (χ4v) is 5.24. The third-order valence-corrected chi connectivity index (χ3v) is 7.84. The van der Waals surface area contributed by atoms with E-state index in [1.807, 2.05) is 92.6 Å². The number of esters is 1. The highest BCUT2D eigenvalue weighted by atomic mass is 32.2. The van der Waals surface area contributed by atoms with Gasteiger partial charge in [-0.2, -0.15) is 0 Å². The molecule has 1 fully saturated rings. The molecule has 1 aliphatic rings. The van der Waals surface area contributed by atoms with Gasteiger partial charge >= 0.3 is 5.97 Å². The van der Waals surface area contributed by atoms with Crippen molar-refractivity contribution in [2.24, 2.45) is 5.92 Å². The Morgan fingerprint density at radius 1 is 0.792 bits per heavy atom. The van der Waals surface area contributed by atoms with Crippen LogP contribution in [-0.4, -0.2) is 47.4 Å².